The Morgan fingerprint density at radius 1 is 0.667 bits per heavy atom. The molecule has 1 unspecified atom stereocenters. The van der Waals surface area contributed by atoms with Crippen molar-refractivity contribution in [2.75, 3.05) is 9.13 Å². The highest BCUT2D eigenvalue weighted by Gasteiger charge is 2.53. The molecule has 2 aromatic carbocycles. The molecule has 1 aliphatic heterocycles. The van der Waals surface area contributed by atoms with Gasteiger partial charge in [0.1, 0.15) is 0 Å². The molecule has 39 heavy (non-hydrogen) atoms. The van der Waals surface area contributed by atoms with Crippen LogP contribution in [0.1, 0.15) is 108 Å². The fraction of sp³-hybridized carbons (Fsp3) is 0.382. The molecular formula is C34H46N4Si. The van der Waals surface area contributed by atoms with E-state index in [-0.39, 0.29) is 0 Å². The predicted molar refractivity (Wildman–Crippen MR) is 171 cm³/mol. The van der Waals surface area contributed by atoms with Crippen LogP contribution in [-0.2, 0) is 0 Å². The minimum absolute atomic E-state index is 0.322. The summed E-state index contributed by atoms with van der Waals surface area (Å²) in [6, 6.07) is 19.6. The maximum absolute atomic E-state index is 8.02. The Balaban J connectivity index is 2.19. The average molecular weight is 539 g/mol. The summed E-state index contributed by atoms with van der Waals surface area (Å²) in [6.45, 7) is 25.0. The molecule has 5 heteroatoms. The lowest BCUT2D eigenvalue weighted by Crippen LogP contribution is -2.81. The molecule has 3 aromatic rings. The molecular weight excluding hydrogens is 492 g/mol. The second kappa shape index (κ2) is 11.1. The van der Waals surface area contributed by atoms with Crippen LogP contribution in [0.15, 0.2) is 84.8 Å². The first-order chi connectivity index (χ1) is 18.4. The molecule has 0 saturated heterocycles. The van der Waals surface area contributed by atoms with Crippen LogP contribution in [0.4, 0.5) is 11.4 Å². The van der Waals surface area contributed by atoms with Gasteiger partial charge in [-0.15, -0.1) is 0 Å². The van der Waals surface area contributed by atoms with Crippen molar-refractivity contribution < 1.29 is 0 Å². The lowest BCUT2D eigenvalue weighted by Gasteiger charge is -2.53. The zero-order valence-corrected chi connectivity index (χ0v) is 26.3. The van der Waals surface area contributed by atoms with Crippen molar-refractivity contribution >= 4 is 25.3 Å². The van der Waals surface area contributed by atoms with Gasteiger partial charge in [0, 0.05) is 29.0 Å². The van der Waals surface area contributed by atoms with Gasteiger partial charge in [-0.05, 0) is 71.1 Å². The number of benzene rings is 2. The number of pyridine rings is 1. The Bertz CT molecular complexity index is 1320. The molecule has 4 rings (SSSR count). The van der Waals surface area contributed by atoms with Gasteiger partial charge in [-0.2, -0.15) is 0 Å². The van der Waals surface area contributed by atoms with E-state index in [1.54, 1.807) is 0 Å². The second-order valence-corrected chi connectivity index (χ2v) is 14.9. The van der Waals surface area contributed by atoms with E-state index in [1.807, 2.05) is 12.3 Å². The van der Waals surface area contributed by atoms with E-state index >= 15 is 0 Å². The van der Waals surface area contributed by atoms with Gasteiger partial charge < -0.3 is 14.5 Å². The summed E-state index contributed by atoms with van der Waals surface area (Å²) in [5.74, 6) is 1.31. The minimum atomic E-state index is -3.30. The summed E-state index contributed by atoms with van der Waals surface area (Å²) in [7, 11) is -3.30. The summed E-state index contributed by atoms with van der Waals surface area (Å²) in [6.07, 6.45) is 4.09. The van der Waals surface area contributed by atoms with Crippen LogP contribution in [0.3, 0.4) is 0 Å². The summed E-state index contributed by atoms with van der Waals surface area (Å²) in [4.78, 5) is 4.98. The van der Waals surface area contributed by atoms with Crippen LogP contribution in [0.25, 0.3) is 0 Å². The number of allylic oxidation sites excluding steroid dienone is 2. The third kappa shape index (κ3) is 4.98. The second-order valence-electron chi connectivity index (χ2n) is 12.1. The number of nitrogens with zero attached hydrogens (tertiary/aromatic N) is 3. The lowest BCUT2D eigenvalue weighted by molar-refractivity contribution is 0.820. The molecule has 1 aromatic heterocycles. The Kier molecular flexibility index (Phi) is 8.24. The highest BCUT2D eigenvalue weighted by atomic mass is 28.4. The molecule has 0 saturated carbocycles. The Labute approximate surface area is 237 Å². The van der Waals surface area contributed by atoms with Crippen LogP contribution in [0.2, 0.25) is 0 Å². The molecule has 2 heterocycles. The van der Waals surface area contributed by atoms with Gasteiger partial charge >= 0.3 is 8.56 Å². The minimum Gasteiger partial charge on any atom is -0.337 e. The lowest BCUT2D eigenvalue weighted by atomic mass is 9.92. The zero-order valence-electron chi connectivity index (χ0n) is 25.3. The number of para-hydroxylation sites is 2. The summed E-state index contributed by atoms with van der Waals surface area (Å²) < 4.78 is 4.87. The molecule has 0 fully saturated rings. The van der Waals surface area contributed by atoms with E-state index in [1.165, 1.54) is 33.6 Å². The predicted octanol–water partition coefficient (Wildman–Crippen LogP) is 8.12. The van der Waals surface area contributed by atoms with E-state index in [0.29, 0.717) is 23.7 Å². The zero-order chi connectivity index (χ0) is 28.6. The quantitative estimate of drug-likeness (QED) is 0.309. The third-order valence-corrected chi connectivity index (χ3v) is 11.4. The number of hydrogen-bond donors (Lipinski definition) is 1. The number of aromatic nitrogens is 1. The van der Waals surface area contributed by atoms with Crippen molar-refractivity contribution in [1.29, 1.82) is 0 Å². The van der Waals surface area contributed by atoms with Gasteiger partial charge in [0.15, 0.2) is 0 Å². The SMILES string of the molecule is C=C1C=C(C)N(c2c(C(C)C)cccc2C(C)C)[Si](N)(c2ccccn2)N1c1c(C(C)C)cccc1C(C)C. The van der Waals surface area contributed by atoms with Crippen molar-refractivity contribution in [2.24, 2.45) is 5.40 Å². The molecule has 0 bridgehead atoms. The van der Waals surface area contributed by atoms with Gasteiger partial charge in [-0.25, -0.2) is 0 Å². The maximum atomic E-state index is 8.02. The molecule has 0 amide bonds. The molecule has 1 aliphatic rings. The Morgan fingerprint density at radius 3 is 1.49 bits per heavy atom. The van der Waals surface area contributed by atoms with E-state index in [4.69, 9.17) is 10.4 Å². The summed E-state index contributed by atoms with van der Waals surface area (Å²) >= 11 is 0. The van der Waals surface area contributed by atoms with Crippen LogP contribution >= 0.6 is 0 Å². The normalized spacial score (nSPS) is 18.1. The number of rotatable bonds is 7. The highest BCUT2D eigenvalue weighted by Crippen LogP contribution is 2.46. The van der Waals surface area contributed by atoms with Crippen LogP contribution in [0, 0.1) is 0 Å². The summed E-state index contributed by atoms with van der Waals surface area (Å²) in [5, 5.41) is 8.93. The first kappa shape index (κ1) is 28.8. The monoisotopic (exact) mass is 538 g/mol. The molecule has 4 nitrogen and oxygen atoms in total. The van der Waals surface area contributed by atoms with Gasteiger partial charge in [0.05, 0.1) is 5.32 Å². The molecule has 206 valence electrons. The number of hydrogen-bond acceptors (Lipinski definition) is 4. The standard InChI is InChI=1S/C34H46N4Si/c1-22(2)28-15-13-16-29(23(3)4)33(28)37-26(9)21-27(10)38(39(37,35)32-19-11-12-20-36-32)34-30(24(5)6)17-14-18-31(34)25(7)8/h11-25H,9,35H2,1-8,10H3. The molecule has 2 N–H and O–H groups in total. The van der Waals surface area contributed by atoms with E-state index in [9.17, 15) is 0 Å². The van der Waals surface area contributed by atoms with Crippen LogP contribution < -0.4 is 19.8 Å². The average Bonchev–Trinajstić information content (AvgIpc) is 2.88. The maximum Gasteiger partial charge on any atom is 0.406 e. The highest BCUT2D eigenvalue weighted by molar-refractivity contribution is 6.95. The van der Waals surface area contributed by atoms with Gasteiger partial charge in [0.25, 0.3) is 0 Å². The first-order valence-electron chi connectivity index (χ1n) is 14.3. The number of anilines is 2. The topological polar surface area (TPSA) is 45.4 Å². The Hall–Kier alpha value is -3.15. The van der Waals surface area contributed by atoms with Crippen molar-refractivity contribution in [3.63, 3.8) is 0 Å². The third-order valence-electron chi connectivity index (χ3n) is 7.87. The van der Waals surface area contributed by atoms with Gasteiger partial charge in [-0.3, -0.25) is 4.98 Å². The fourth-order valence-corrected chi connectivity index (χ4v) is 9.54. The molecule has 0 aliphatic carbocycles. The van der Waals surface area contributed by atoms with E-state index in [2.05, 4.69) is 133 Å². The number of nitrogens with two attached hydrogens (primary N) is 1. The van der Waals surface area contributed by atoms with E-state index in [0.717, 1.165) is 16.7 Å². The van der Waals surface area contributed by atoms with Crippen molar-refractivity contribution in [2.45, 2.75) is 86.0 Å². The molecule has 0 radical (unpaired) electrons. The molecule has 0 spiro atoms. The summed E-state index contributed by atoms with van der Waals surface area (Å²) in [5.41, 5.74) is 9.63. The van der Waals surface area contributed by atoms with Crippen molar-refractivity contribution in [3.05, 3.63) is 107 Å². The van der Waals surface area contributed by atoms with Crippen LogP contribution in [0.5, 0.6) is 0 Å². The van der Waals surface area contributed by atoms with Gasteiger partial charge in [0.2, 0.25) is 0 Å². The van der Waals surface area contributed by atoms with Crippen molar-refractivity contribution in [1.82, 2.24) is 4.98 Å². The molecule has 1 atom stereocenters. The Morgan fingerprint density at radius 2 is 1.10 bits per heavy atom. The largest absolute Gasteiger partial charge is 0.406 e. The fourth-order valence-electron chi connectivity index (χ4n) is 5.97. The van der Waals surface area contributed by atoms with E-state index < -0.39 is 8.56 Å². The van der Waals surface area contributed by atoms with Crippen molar-refractivity contribution in [3.8, 4) is 0 Å². The first-order valence-corrected chi connectivity index (χ1v) is 16.3. The van der Waals surface area contributed by atoms with Crippen LogP contribution in [-0.4, -0.2) is 13.5 Å². The smallest absolute Gasteiger partial charge is 0.337 e. The van der Waals surface area contributed by atoms with Gasteiger partial charge in [-0.1, -0.05) is 104 Å².